The first kappa shape index (κ1) is 17.2. The van der Waals surface area contributed by atoms with Crippen LogP contribution in [-0.4, -0.2) is 26.7 Å². The number of aryl methyl sites for hydroxylation is 1. The zero-order valence-corrected chi connectivity index (χ0v) is 13.9. The van der Waals surface area contributed by atoms with Crippen molar-refractivity contribution in [1.29, 1.82) is 0 Å². The molecule has 0 aliphatic rings. The fraction of sp³-hybridized carbons (Fsp3) is 0.111. The van der Waals surface area contributed by atoms with Crippen LogP contribution in [0.25, 0.3) is 0 Å². The van der Waals surface area contributed by atoms with Crippen LogP contribution >= 0.6 is 0 Å². The van der Waals surface area contributed by atoms with Crippen molar-refractivity contribution < 1.29 is 9.59 Å². The van der Waals surface area contributed by atoms with Crippen molar-refractivity contribution in [3.63, 3.8) is 0 Å². The molecule has 0 bridgehead atoms. The van der Waals surface area contributed by atoms with Gasteiger partial charge in [0.05, 0.1) is 6.54 Å². The molecule has 26 heavy (non-hydrogen) atoms. The monoisotopic (exact) mass is 350 g/mol. The molecule has 0 saturated carbocycles. The van der Waals surface area contributed by atoms with Crippen molar-refractivity contribution in [1.82, 2.24) is 14.8 Å². The van der Waals surface area contributed by atoms with Crippen LogP contribution in [0.3, 0.4) is 0 Å². The van der Waals surface area contributed by atoms with Crippen LogP contribution in [0, 0.1) is 0 Å². The van der Waals surface area contributed by atoms with Crippen LogP contribution in [0.2, 0.25) is 0 Å². The second-order valence-electron chi connectivity index (χ2n) is 5.48. The Hall–Kier alpha value is -3.68. The summed E-state index contributed by atoms with van der Waals surface area (Å²) < 4.78 is 1.60. The third-order valence-electron chi connectivity index (χ3n) is 3.49. The van der Waals surface area contributed by atoms with E-state index in [2.05, 4.69) is 26.0 Å². The second kappa shape index (κ2) is 8.43. The highest BCUT2D eigenvalue weighted by Crippen LogP contribution is 2.14. The summed E-state index contributed by atoms with van der Waals surface area (Å²) >= 11 is 0. The minimum absolute atomic E-state index is 0.122. The lowest BCUT2D eigenvalue weighted by Gasteiger charge is -2.09. The van der Waals surface area contributed by atoms with Gasteiger partial charge in [0.1, 0.15) is 12.7 Å². The third kappa shape index (κ3) is 5.17. The number of benzene rings is 2. The fourth-order valence-corrected chi connectivity index (χ4v) is 2.24. The third-order valence-corrected chi connectivity index (χ3v) is 3.49. The number of urea groups is 1. The largest absolute Gasteiger partial charge is 0.326 e. The minimum atomic E-state index is -0.333. The SMILES string of the molecule is O=C(CCn1cncn1)Nc1ccc(NC(=O)Nc2ccccc2)cc1. The number of carbonyl (C=O) groups is 2. The van der Waals surface area contributed by atoms with E-state index in [0.29, 0.717) is 30.0 Å². The van der Waals surface area contributed by atoms with Gasteiger partial charge in [-0.1, -0.05) is 18.2 Å². The molecule has 8 nitrogen and oxygen atoms in total. The van der Waals surface area contributed by atoms with Crippen LogP contribution in [-0.2, 0) is 11.3 Å². The molecule has 0 unspecified atom stereocenters. The highest BCUT2D eigenvalue weighted by Gasteiger charge is 2.05. The lowest BCUT2D eigenvalue weighted by molar-refractivity contribution is -0.116. The van der Waals surface area contributed by atoms with Gasteiger partial charge < -0.3 is 16.0 Å². The molecule has 0 atom stereocenters. The summed E-state index contributed by atoms with van der Waals surface area (Å²) in [5, 5.41) is 12.2. The first-order valence-corrected chi connectivity index (χ1v) is 8.04. The topological polar surface area (TPSA) is 101 Å². The van der Waals surface area contributed by atoms with Crippen molar-refractivity contribution in [2.75, 3.05) is 16.0 Å². The van der Waals surface area contributed by atoms with Crippen LogP contribution < -0.4 is 16.0 Å². The van der Waals surface area contributed by atoms with E-state index in [9.17, 15) is 9.59 Å². The minimum Gasteiger partial charge on any atom is -0.326 e. The first-order valence-electron chi connectivity index (χ1n) is 8.04. The van der Waals surface area contributed by atoms with Crippen LogP contribution in [0.4, 0.5) is 21.9 Å². The van der Waals surface area contributed by atoms with E-state index in [0.717, 1.165) is 0 Å². The van der Waals surface area contributed by atoms with Crippen LogP contribution in [0.5, 0.6) is 0 Å². The van der Waals surface area contributed by atoms with Gasteiger partial charge in [-0.15, -0.1) is 0 Å². The molecule has 0 saturated heterocycles. The number of aromatic nitrogens is 3. The molecule has 3 N–H and O–H groups in total. The average Bonchev–Trinajstić information content (AvgIpc) is 3.16. The Bertz CT molecular complexity index is 847. The molecule has 0 aliphatic carbocycles. The number of nitrogens with zero attached hydrogens (tertiary/aromatic N) is 3. The second-order valence-corrected chi connectivity index (χ2v) is 5.48. The molecule has 0 spiro atoms. The van der Waals surface area contributed by atoms with E-state index in [1.165, 1.54) is 6.33 Å². The Kier molecular flexibility index (Phi) is 5.56. The molecule has 0 aliphatic heterocycles. The van der Waals surface area contributed by atoms with Crippen LogP contribution in [0.1, 0.15) is 6.42 Å². The van der Waals surface area contributed by atoms with Gasteiger partial charge in [-0.2, -0.15) is 5.10 Å². The maximum absolute atomic E-state index is 11.9. The highest BCUT2D eigenvalue weighted by molar-refractivity contribution is 6.00. The number of para-hydroxylation sites is 1. The number of hydrogen-bond acceptors (Lipinski definition) is 4. The number of amides is 3. The number of carbonyl (C=O) groups excluding carboxylic acids is 2. The van der Waals surface area contributed by atoms with E-state index in [4.69, 9.17) is 0 Å². The lowest BCUT2D eigenvalue weighted by atomic mass is 10.2. The van der Waals surface area contributed by atoms with Crippen molar-refractivity contribution in [2.45, 2.75) is 13.0 Å². The predicted molar refractivity (Wildman–Crippen MR) is 98.8 cm³/mol. The maximum atomic E-state index is 11.9. The van der Waals surface area contributed by atoms with Gasteiger partial charge in [-0.05, 0) is 36.4 Å². The van der Waals surface area contributed by atoms with Gasteiger partial charge in [0.15, 0.2) is 0 Å². The van der Waals surface area contributed by atoms with Gasteiger partial charge in [-0.25, -0.2) is 9.78 Å². The van der Waals surface area contributed by atoms with E-state index in [-0.39, 0.29) is 11.9 Å². The quantitative estimate of drug-likeness (QED) is 0.636. The summed E-state index contributed by atoms with van der Waals surface area (Å²) in [6, 6.07) is 15.7. The Balaban J connectivity index is 1.46. The Morgan fingerprint density at radius 1 is 0.846 bits per heavy atom. The van der Waals surface area contributed by atoms with Crippen molar-refractivity contribution in [2.24, 2.45) is 0 Å². The molecule has 8 heteroatoms. The number of anilines is 3. The van der Waals surface area contributed by atoms with E-state index < -0.39 is 0 Å². The molecule has 2 aromatic carbocycles. The molecule has 3 aromatic rings. The standard InChI is InChI=1S/C18H18N6O2/c25-17(10-11-24-13-19-12-20-24)21-15-6-8-16(9-7-15)23-18(26)22-14-4-2-1-3-5-14/h1-9,12-13H,10-11H2,(H,21,25)(H2,22,23,26). The van der Waals surface area contributed by atoms with E-state index in [1.807, 2.05) is 18.2 Å². The molecule has 1 heterocycles. The van der Waals surface area contributed by atoms with Gasteiger partial charge in [0.25, 0.3) is 0 Å². The number of rotatable bonds is 6. The molecule has 0 fully saturated rings. The van der Waals surface area contributed by atoms with Crippen molar-refractivity contribution >= 4 is 29.0 Å². The van der Waals surface area contributed by atoms with Gasteiger partial charge >= 0.3 is 6.03 Å². The summed E-state index contributed by atoms with van der Waals surface area (Å²) in [7, 11) is 0. The van der Waals surface area contributed by atoms with Crippen LogP contribution in [0.15, 0.2) is 67.3 Å². The molecule has 3 amide bonds. The molecular formula is C18H18N6O2. The summed E-state index contributed by atoms with van der Waals surface area (Å²) in [6.45, 7) is 0.463. The summed E-state index contributed by atoms with van der Waals surface area (Å²) in [4.78, 5) is 27.7. The molecule has 1 aromatic heterocycles. The first-order chi connectivity index (χ1) is 12.7. The molecular weight excluding hydrogens is 332 g/mol. The Morgan fingerprint density at radius 3 is 2.08 bits per heavy atom. The predicted octanol–water partition coefficient (Wildman–Crippen LogP) is 2.95. The van der Waals surface area contributed by atoms with Crippen molar-refractivity contribution in [3.05, 3.63) is 67.3 Å². The molecule has 132 valence electrons. The van der Waals surface area contributed by atoms with E-state index in [1.54, 1.807) is 47.4 Å². The number of hydrogen-bond donors (Lipinski definition) is 3. The Labute approximate surface area is 150 Å². The lowest BCUT2D eigenvalue weighted by Crippen LogP contribution is -2.19. The molecule has 3 rings (SSSR count). The van der Waals surface area contributed by atoms with E-state index >= 15 is 0 Å². The molecule has 0 radical (unpaired) electrons. The van der Waals surface area contributed by atoms with Gasteiger partial charge in [0, 0.05) is 23.5 Å². The zero-order chi connectivity index (χ0) is 18.2. The van der Waals surface area contributed by atoms with Gasteiger partial charge in [0.2, 0.25) is 5.91 Å². The smallest absolute Gasteiger partial charge is 0.323 e. The summed E-state index contributed by atoms with van der Waals surface area (Å²) in [5.41, 5.74) is 1.99. The van der Waals surface area contributed by atoms with Gasteiger partial charge in [-0.3, -0.25) is 9.48 Å². The van der Waals surface area contributed by atoms with Crippen molar-refractivity contribution in [3.8, 4) is 0 Å². The fourth-order valence-electron chi connectivity index (χ4n) is 2.24. The number of nitrogens with one attached hydrogen (secondary N) is 3. The summed E-state index contributed by atoms with van der Waals surface area (Å²) in [6.07, 6.45) is 3.29. The summed E-state index contributed by atoms with van der Waals surface area (Å²) in [5.74, 6) is -0.122. The average molecular weight is 350 g/mol. The Morgan fingerprint density at radius 2 is 1.46 bits per heavy atom. The maximum Gasteiger partial charge on any atom is 0.323 e. The normalized spacial score (nSPS) is 10.2. The zero-order valence-electron chi connectivity index (χ0n) is 13.9. The highest BCUT2D eigenvalue weighted by atomic mass is 16.2.